The van der Waals surface area contributed by atoms with Crippen molar-refractivity contribution in [2.45, 2.75) is 26.3 Å². The average Bonchev–Trinajstić information content (AvgIpc) is 2.37. The van der Waals surface area contributed by atoms with Gasteiger partial charge in [0.25, 0.3) is 5.91 Å². The van der Waals surface area contributed by atoms with E-state index in [1.165, 1.54) is 6.07 Å². The lowest BCUT2D eigenvalue weighted by Gasteiger charge is -2.20. The number of halogens is 1. The lowest BCUT2D eigenvalue weighted by atomic mass is 10.2. The van der Waals surface area contributed by atoms with Crippen molar-refractivity contribution in [3.63, 3.8) is 0 Å². The van der Waals surface area contributed by atoms with Crippen LogP contribution < -0.4 is 5.32 Å². The van der Waals surface area contributed by atoms with Crippen LogP contribution in [0.5, 0.6) is 5.75 Å². The number of benzene rings is 1. The van der Waals surface area contributed by atoms with Crippen LogP contribution in [0.4, 0.5) is 0 Å². The average molecular weight is 376 g/mol. The van der Waals surface area contributed by atoms with E-state index < -0.39 is 0 Å². The maximum absolute atomic E-state index is 11.8. The summed E-state index contributed by atoms with van der Waals surface area (Å²) in [4.78, 5) is 14.1. The third-order valence-electron chi connectivity index (χ3n) is 3.06. The summed E-state index contributed by atoms with van der Waals surface area (Å²) in [6.07, 6.45) is 0.913. The molecule has 0 radical (unpaired) electrons. The summed E-state index contributed by atoms with van der Waals surface area (Å²) in [5, 5.41) is 12.4. The van der Waals surface area contributed by atoms with Crippen molar-refractivity contribution < 1.29 is 9.90 Å². The molecule has 19 heavy (non-hydrogen) atoms. The summed E-state index contributed by atoms with van der Waals surface area (Å²) < 4.78 is 0.743. The Morgan fingerprint density at radius 3 is 2.74 bits per heavy atom. The number of carbonyl (C=O) groups is 1. The highest BCUT2D eigenvalue weighted by Gasteiger charge is 2.08. The van der Waals surface area contributed by atoms with Crippen LogP contribution in [0.2, 0.25) is 0 Å². The van der Waals surface area contributed by atoms with Crippen LogP contribution in [0.3, 0.4) is 0 Å². The van der Waals surface area contributed by atoms with Gasteiger partial charge in [-0.05, 0) is 74.7 Å². The van der Waals surface area contributed by atoms with Gasteiger partial charge >= 0.3 is 0 Å². The zero-order valence-electron chi connectivity index (χ0n) is 11.6. The summed E-state index contributed by atoms with van der Waals surface area (Å²) in [6, 6.07) is 5.47. The molecule has 0 heterocycles. The number of phenols is 1. The van der Waals surface area contributed by atoms with E-state index in [0.29, 0.717) is 18.2 Å². The van der Waals surface area contributed by atoms with Gasteiger partial charge in [0.05, 0.1) is 3.57 Å². The quantitative estimate of drug-likeness (QED) is 0.593. The minimum Gasteiger partial charge on any atom is -0.507 e. The molecule has 0 aromatic heterocycles. The Morgan fingerprint density at radius 1 is 1.47 bits per heavy atom. The van der Waals surface area contributed by atoms with Crippen LogP contribution >= 0.6 is 22.6 Å². The first-order valence-electron chi connectivity index (χ1n) is 6.38. The van der Waals surface area contributed by atoms with Gasteiger partial charge in [-0.3, -0.25) is 4.79 Å². The van der Waals surface area contributed by atoms with Crippen molar-refractivity contribution in [3.8, 4) is 5.75 Å². The van der Waals surface area contributed by atoms with Crippen molar-refractivity contribution in [2.75, 3.05) is 20.1 Å². The standard InChI is InChI=1S/C14H21IN2O2/c1-10(2)17(3)8-4-7-16-14(19)11-5-6-12(15)13(18)9-11/h5-6,9-10,18H,4,7-8H2,1-3H3,(H,16,19). The van der Waals surface area contributed by atoms with Crippen LogP contribution in [0.1, 0.15) is 30.6 Å². The summed E-state index contributed by atoms with van der Waals surface area (Å²) in [5.41, 5.74) is 0.495. The van der Waals surface area contributed by atoms with Crippen LogP contribution in [0, 0.1) is 3.57 Å². The molecule has 0 bridgehead atoms. The molecule has 0 unspecified atom stereocenters. The van der Waals surface area contributed by atoms with Crippen LogP contribution in [0.25, 0.3) is 0 Å². The number of amides is 1. The van der Waals surface area contributed by atoms with Crippen LogP contribution in [-0.4, -0.2) is 42.1 Å². The van der Waals surface area contributed by atoms with E-state index >= 15 is 0 Å². The molecule has 1 rings (SSSR count). The Labute approximate surface area is 128 Å². The van der Waals surface area contributed by atoms with E-state index in [0.717, 1.165) is 16.5 Å². The van der Waals surface area contributed by atoms with Gasteiger partial charge in [-0.15, -0.1) is 0 Å². The van der Waals surface area contributed by atoms with E-state index in [1.807, 2.05) is 22.6 Å². The third-order valence-corrected chi connectivity index (χ3v) is 3.98. The molecule has 2 N–H and O–H groups in total. The maximum atomic E-state index is 11.8. The Bertz CT molecular complexity index is 435. The number of rotatable bonds is 6. The number of nitrogens with one attached hydrogen (secondary N) is 1. The fourth-order valence-corrected chi connectivity index (χ4v) is 1.88. The third kappa shape index (κ3) is 5.36. The van der Waals surface area contributed by atoms with Gasteiger partial charge in [0, 0.05) is 18.2 Å². The maximum Gasteiger partial charge on any atom is 0.251 e. The molecule has 0 saturated carbocycles. The molecule has 1 aromatic carbocycles. The second-order valence-electron chi connectivity index (χ2n) is 4.85. The number of aromatic hydroxyl groups is 1. The molecule has 1 aromatic rings. The first kappa shape index (κ1) is 16.2. The zero-order valence-corrected chi connectivity index (χ0v) is 13.8. The van der Waals surface area contributed by atoms with E-state index in [1.54, 1.807) is 12.1 Å². The monoisotopic (exact) mass is 376 g/mol. The number of carbonyl (C=O) groups excluding carboxylic acids is 1. The normalized spacial score (nSPS) is 11.1. The fourth-order valence-electron chi connectivity index (χ4n) is 1.54. The zero-order chi connectivity index (χ0) is 14.4. The van der Waals surface area contributed by atoms with E-state index in [4.69, 9.17) is 0 Å². The molecule has 0 aliphatic heterocycles. The van der Waals surface area contributed by atoms with Crippen LogP contribution in [-0.2, 0) is 0 Å². The van der Waals surface area contributed by atoms with E-state index in [2.05, 4.69) is 31.1 Å². The molecule has 0 fully saturated rings. The number of nitrogens with zero attached hydrogens (tertiary/aromatic N) is 1. The van der Waals surface area contributed by atoms with Gasteiger partial charge in [-0.25, -0.2) is 0 Å². The SMILES string of the molecule is CC(C)N(C)CCCNC(=O)c1ccc(I)c(O)c1. The largest absolute Gasteiger partial charge is 0.507 e. The molecule has 4 nitrogen and oxygen atoms in total. The molecule has 0 spiro atoms. The van der Waals surface area contributed by atoms with Gasteiger partial charge < -0.3 is 15.3 Å². The lowest BCUT2D eigenvalue weighted by Crippen LogP contribution is -2.31. The number of hydrogen-bond donors (Lipinski definition) is 2. The Kier molecular flexibility index (Phi) is 6.57. The van der Waals surface area contributed by atoms with Gasteiger partial charge in [0.2, 0.25) is 0 Å². The second kappa shape index (κ2) is 7.69. The smallest absolute Gasteiger partial charge is 0.251 e. The summed E-state index contributed by atoms with van der Waals surface area (Å²) in [7, 11) is 2.07. The predicted molar refractivity (Wildman–Crippen MR) is 85.5 cm³/mol. The highest BCUT2D eigenvalue weighted by molar-refractivity contribution is 14.1. The summed E-state index contributed by atoms with van der Waals surface area (Å²) in [6.45, 7) is 5.89. The molecule has 5 heteroatoms. The minimum atomic E-state index is -0.140. The Hall–Kier alpha value is -0.820. The summed E-state index contributed by atoms with van der Waals surface area (Å²) in [5.74, 6) is 0.00620. The van der Waals surface area contributed by atoms with Crippen molar-refractivity contribution in [2.24, 2.45) is 0 Å². The molecule has 0 aliphatic rings. The predicted octanol–water partition coefficient (Wildman–Crippen LogP) is 2.46. The van der Waals surface area contributed by atoms with Crippen LogP contribution in [0.15, 0.2) is 18.2 Å². The fraction of sp³-hybridized carbons (Fsp3) is 0.500. The van der Waals surface area contributed by atoms with Crippen molar-refractivity contribution in [1.82, 2.24) is 10.2 Å². The molecule has 1 amide bonds. The number of phenolic OH excluding ortho intramolecular Hbond substituents is 1. The molecule has 0 saturated heterocycles. The summed E-state index contributed by atoms with van der Waals surface area (Å²) >= 11 is 2.03. The second-order valence-corrected chi connectivity index (χ2v) is 6.01. The molecule has 106 valence electrons. The topological polar surface area (TPSA) is 52.6 Å². The van der Waals surface area contributed by atoms with Gasteiger partial charge in [0.15, 0.2) is 0 Å². The highest BCUT2D eigenvalue weighted by atomic mass is 127. The van der Waals surface area contributed by atoms with Gasteiger partial charge in [-0.1, -0.05) is 0 Å². The van der Waals surface area contributed by atoms with E-state index in [-0.39, 0.29) is 11.7 Å². The Morgan fingerprint density at radius 2 is 2.16 bits per heavy atom. The van der Waals surface area contributed by atoms with E-state index in [9.17, 15) is 9.90 Å². The molecular weight excluding hydrogens is 355 g/mol. The van der Waals surface area contributed by atoms with Crippen molar-refractivity contribution in [1.29, 1.82) is 0 Å². The van der Waals surface area contributed by atoms with Crippen molar-refractivity contribution >= 4 is 28.5 Å². The lowest BCUT2D eigenvalue weighted by molar-refractivity contribution is 0.0951. The first-order valence-corrected chi connectivity index (χ1v) is 7.46. The van der Waals surface area contributed by atoms with Crippen molar-refractivity contribution in [3.05, 3.63) is 27.3 Å². The molecule has 0 aliphatic carbocycles. The molecular formula is C14H21IN2O2. The highest BCUT2D eigenvalue weighted by Crippen LogP contribution is 2.20. The first-order chi connectivity index (χ1) is 8.91. The Balaban J connectivity index is 2.37. The van der Waals surface area contributed by atoms with Gasteiger partial charge in [-0.2, -0.15) is 0 Å². The number of hydrogen-bond acceptors (Lipinski definition) is 3. The minimum absolute atomic E-state index is 0.140. The van der Waals surface area contributed by atoms with Gasteiger partial charge in [0.1, 0.15) is 5.75 Å². The molecule has 0 atom stereocenters.